The number of hydrogen-bond donors (Lipinski definition) is 1. The predicted octanol–water partition coefficient (Wildman–Crippen LogP) is 3.72. The van der Waals surface area contributed by atoms with Gasteiger partial charge in [-0.2, -0.15) is 15.0 Å². The second kappa shape index (κ2) is 8.41. The Hall–Kier alpha value is -2.57. The van der Waals surface area contributed by atoms with Gasteiger partial charge in [0.25, 0.3) is 0 Å². The Balaban J connectivity index is 1.33. The number of benzene rings is 1. The van der Waals surface area contributed by atoms with Gasteiger partial charge in [-0.05, 0) is 74.5 Å². The fraction of sp³-hybridized carbons (Fsp3) is 0.640. The molecule has 3 fully saturated rings. The van der Waals surface area contributed by atoms with E-state index in [1.54, 1.807) is 0 Å². The van der Waals surface area contributed by atoms with Gasteiger partial charge in [-0.1, -0.05) is 12.1 Å². The summed E-state index contributed by atoms with van der Waals surface area (Å²) < 4.78 is 0. The molecule has 6 rings (SSSR count). The number of piperidine rings is 3. The second-order valence-corrected chi connectivity index (χ2v) is 10.1. The van der Waals surface area contributed by atoms with Crippen molar-refractivity contribution < 1.29 is 5.11 Å². The topological polar surface area (TPSA) is 68.6 Å². The Kier molecular flexibility index (Phi) is 5.27. The van der Waals surface area contributed by atoms with Gasteiger partial charge in [0.05, 0.1) is 0 Å². The van der Waals surface area contributed by atoms with E-state index in [2.05, 4.69) is 20.8 Å². The lowest BCUT2D eigenvalue weighted by molar-refractivity contribution is 0.339. The van der Waals surface area contributed by atoms with E-state index in [0.717, 1.165) is 69.1 Å². The van der Waals surface area contributed by atoms with Gasteiger partial charge in [0.15, 0.2) is 0 Å². The highest BCUT2D eigenvalue weighted by Gasteiger charge is 2.36. The average Bonchev–Trinajstić information content (AvgIpc) is 2.85. The minimum atomic E-state index is 0.429. The molecule has 0 amide bonds. The fourth-order valence-electron chi connectivity index (χ4n) is 6.18. The van der Waals surface area contributed by atoms with Crippen LogP contribution in [0.1, 0.15) is 62.0 Å². The van der Waals surface area contributed by atoms with Gasteiger partial charge in [0, 0.05) is 45.2 Å². The molecule has 3 saturated heterocycles. The van der Waals surface area contributed by atoms with Gasteiger partial charge in [-0.25, -0.2) is 0 Å². The van der Waals surface area contributed by atoms with Crippen LogP contribution in [0.15, 0.2) is 18.2 Å². The molecule has 0 radical (unpaired) electrons. The van der Waals surface area contributed by atoms with Crippen molar-refractivity contribution in [1.82, 2.24) is 15.0 Å². The number of phenolic OH excluding ortho intramolecular Hbond substituents is 1. The smallest absolute Gasteiger partial charge is 0.231 e. The van der Waals surface area contributed by atoms with Gasteiger partial charge < -0.3 is 19.8 Å². The van der Waals surface area contributed by atoms with Crippen molar-refractivity contribution in [2.45, 2.75) is 57.3 Å². The van der Waals surface area contributed by atoms with Crippen molar-refractivity contribution in [2.24, 2.45) is 5.92 Å². The maximum absolute atomic E-state index is 10.4. The standard InChI is InChI=1S/C25H34N6O/c32-22-9-7-8-20-19-14-18(15-21(20)22)16-31(17-19)25-27-23(29-10-3-1-4-11-29)26-24(28-25)30-12-5-2-6-13-30/h7-9,18-19,32H,1-6,10-17H2. The Bertz CT molecular complexity index is 933. The van der Waals surface area contributed by atoms with E-state index >= 15 is 0 Å². The first-order valence-corrected chi connectivity index (χ1v) is 12.6. The number of fused-ring (bicyclic) bond motifs is 4. The summed E-state index contributed by atoms with van der Waals surface area (Å²) in [5.41, 5.74) is 2.47. The summed E-state index contributed by atoms with van der Waals surface area (Å²) in [6, 6.07) is 6.02. The Labute approximate surface area is 190 Å². The monoisotopic (exact) mass is 434 g/mol. The summed E-state index contributed by atoms with van der Waals surface area (Å²) in [5, 5.41) is 10.4. The van der Waals surface area contributed by atoms with E-state index in [1.165, 1.54) is 50.5 Å². The SMILES string of the molecule is Oc1cccc2c1CC1CC2CN(c2nc(N3CCCCC3)nc(N3CCCCC3)n2)C1. The molecule has 1 aromatic carbocycles. The minimum absolute atomic E-state index is 0.429. The molecular formula is C25H34N6O. The van der Waals surface area contributed by atoms with Crippen LogP contribution in [0.5, 0.6) is 5.75 Å². The number of anilines is 3. The molecule has 2 aromatic rings. The van der Waals surface area contributed by atoms with Crippen molar-refractivity contribution in [3.05, 3.63) is 29.3 Å². The maximum Gasteiger partial charge on any atom is 0.231 e. The van der Waals surface area contributed by atoms with Crippen molar-refractivity contribution in [3.8, 4) is 5.75 Å². The van der Waals surface area contributed by atoms with Crippen LogP contribution < -0.4 is 14.7 Å². The molecule has 4 heterocycles. The highest BCUT2D eigenvalue weighted by molar-refractivity contribution is 5.50. The molecule has 2 atom stereocenters. The molecule has 1 aromatic heterocycles. The van der Waals surface area contributed by atoms with E-state index in [-0.39, 0.29) is 0 Å². The molecule has 3 aliphatic heterocycles. The number of nitrogens with zero attached hydrogens (tertiary/aromatic N) is 6. The van der Waals surface area contributed by atoms with Crippen LogP contribution in [-0.4, -0.2) is 59.3 Å². The Morgan fingerprint density at radius 3 is 1.94 bits per heavy atom. The van der Waals surface area contributed by atoms with Crippen LogP contribution in [0, 0.1) is 5.92 Å². The van der Waals surface area contributed by atoms with E-state index in [0.29, 0.717) is 17.6 Å². The average molecular weight is 435 g/mol. The van der Waals surface area contributed by atoms with Gasteiger partial charge >= 0.3 is 0 Å². The number of aromatic nitrogens is 3. The Morgan fingerprint density at radius 1 is 0.719 bits per heavy atom. The first kappa shape index (κ1) is 20.1. The first-order valence-electron chi connectivity index (χ1n) is 12.6. The van der Waals surface area contributed by atoms with Crippen molar-refractivity contribution >= 4 is 17.8 Å². The van der Waals surface area contributed by atoms with Gasteiger partial charge in [-0.15, -0.1) is 0 Å². The van der Waals surface area contributed by atoms with Crippen LogP contribution in [0.4, 0.5) is 17.8 Å². The van der Waals surface area contributed by atoms with Gasteiger partial charge in [0.1, 0.15) is 5.75 Å². The molecule has 1 N–H and O–H groups in total. The summed E-state index contributed by atoms with van der Waals surface area (Å²) in [6.07, 6.45) is 9.60. The zero-order chi connectivity index (χ0) is 21.5. The van der Waals surface area contributed by atoms with Crippen LogP contribution in [-0.2, 0) is 6.42 Å². The maximum atomic E-state index is 10.4. The molecule has 170 valence electrons. The second-order valence-electron chi connectivity index (χ2n) is 10.1. The molecule has 0 spiro atoms. The fourth-order valence-corrected chi connectivity index (χ4v) is 6.18. The third kappa shape index (κ3) is 3.76. The van der Waals surface area contributed by atoms with E-state index < -0.39 is 0 Å². The van der Waals surface area contributed by atoms with Gasteiger partial charge in [0.2, 0.25) is 17.8 Å². The van der Waals surface area contributed by atoms with Crippen LogP contribution in [0.2, 0.25) is 0 Å². The number of phenols is 1. The zero-order valence-corrected chi connectivity index (χ0v) is 18.9. The first-order chi connectivity index (χ1) is 15.7. The lowest BCUT2D eigenvalue weighted by atomic mass is 9.73. The van der Waals surface area contributed by atoms with E-state index in [4.69, 9.17) is 15.0 Å². The molecule has 0 saturated carbocycles. The molecule has 7 nitrogen and oxygen atoms in total. The van der Waals surface area contributed by atoms with Crippen LogP contribution >= 0.6 is 0 Å². The highest BCUT2D eigenvalue weighted by atomic mass is 16.3. The van der Waals surface area contributed by atoms with Crippen molar-refractivity contribution in [3.63, 3.8) is 0 Å². The summed E-state index contributed by atoms with van der Waals surface area (Å²) >= 11 is 0. The normalized spacial score (nSPS) is 25.6. The molecule has 2 bridgehead atoms. The highest BCUT2D eigenvalue weighted by Crippen LogP contribution is 2.43. The van der Waals surface area contributed by atoms with Gasteiger partial charge in [-0.3, -0.25) is 0 Å². The van der Waals surface area contributed by atoms with Crippen molar-refractivity contribution in [2.75, 3.05) is 54.0 Å². The zero-order valence-electron chi connectivity index (χ0n) is 18.9. The number of rotatable bonds is 3. The third-order valence-electron chi connectivity index (χ3n) is 7.82. The molecule has 7 heteroatoms. The number of aromatic hydroxyl groups is 1. The molecule has 2 unspecified atom stereocenters. The number of hydrogen-bond acceptors (Lipinski definition) is 7. The molecule has 32 heavy (non-hydrogen) atoms. The summed E-state index contributed by atoms with van der Waals surface area (Å²) in [6.45, 7) is 6.03. The third-order valence-corrected chi connectivity index (χ3v) is 7.82. The van der Waals surface area contributed by atoms with Crippen LogP contribution in [0.25, 0.3) is 0 Å². The molecular weight excluding hydrogens is 400 g/mol. The minimum Gasteiger partial charge on any atom is -0.508 e. The van der Waals surface area contributed by atoms with Crippen molar-refractivity contribution in [1.29, 1.82) is 0 Å². The largest absolute Gasteiger partial charge is 0.508 e. The molecule has 4 aliphatic rings. The summed E-state index contributed by atoms with van der Waals surface area (Å²) in [5.74, 6) is 4.00. The van der Waals surface area contributed by atoms with E-state index in [9.17, 15) is 5.11 Å². The van der Waals surface area contributed by atoms with E-state index in [1.807, 2.05) is 12.1 Å². The predicted molar refractivity (Wildman–Crippen MR) is 127 cm³/mol. The Morgan fingerprint density at radius 2 is 1.31 bits per heavy atom. The summed E-state index contributed by atoms with van der Waals surface area (Å²) in [4.78, 5) is 22.1. The molecule has 1 aliphatic carbocycles. The van der Waals surface area contributed by atoms with Crippen LogP contribution in [0.3, 0.4) is 0 Å². The lowest BCUT2D eigenvalue weighted by Crippen LogP contribution is -2.44. The quantitative estimate of drug-likeness (QED) is 0.789. The lowest BCUT2D eigenvalue weighted by Gasteiger charge is -2.43. The summed E-state index contributed by atoms with van der Waals surface area (Å²) in [7, 11) is 0.